The fourth-order valence-electron chi connectivity index (χ4n) is 0.309. The monoisotopic (exact) mass is 131 g/mol. The standard InChI is InChI=1S/C9H9N/c1-4-5-6-7-8-9-10(2)3/h1H,9H2,2-3H3. The fraction of sp³-hybridized carbons (Fsp3) is 0.333. The Labute approximate surface area is 62.4 Å². The van der Waals surface area contributed by atoms with Crippen molar-refractivity contribution in [3.8, 4) is 36.0 Å². The normalized spacial score (nSPS) is 6.60. The maximum atomic E-state index is 4.87. The number of nitrogens with zero attached hydrogens (tertiary/aromatic N) is 1. The first-order chi connectivity index (χ1) is 4.77. The lowest BCUT2D eigenvalue weighted by atomic mass is 10.5. The average molecular weight is 131 g/mol. The SMILES string of the molecule is C#CC#CC#CCN(C)C. The summed E-state index contributed by atoms with van der Waals surface area (Å²) >= 11 is 0. The molecule has 0 saturated heterocycles. The summed E-state index contributed by atoms with van der Waals surface area (Å²) in [5, 5.41) is 0. The molecule has 0 heterocycles. The number of hydrogen-bond acceptors (Lipinski definition) is 1. The van der Waals surface area contributed by atoms with Crippen molar-refractivity contribution in [2.45, 2.75) is 0 Å². The minimum atomic E-state index is 0.721. The van der Waals surface area contributed by atoms with Crippen LogP contribution in [0, 0.1) is 36.0 Å². The maximum absolute atomic E-state index is 4.87. The van der Waals surface area contributed by atoms with Gasteiger partial charge in [0.25, 0.3) is 0 Å². The Morgan fingerprint density at radius 1 is 1.20 bits per heavy atom. The minimum Gasteiger partial charge on any atom is -0.298 e. The van der Waals surface area contributed by atoms with E-state index >= 15 is 0 Å². The third-order valence-electron chi connectivity index (χ3n) is 0.681. The second-order valence-electron chi connectivity index (χ2n) is 1.93. The van der Waals surface area contributed by atoms with Crippen molar-refractivity contribution in [1.82, 2.24) is 4.90 Å². The summed E-state index contributed by atoms with van der Waals surface area (Å²) in [6.45, 7) is 0.721. The van der Waals surface area contributed by atoms with Crippen LogP contribution in [-0.4, -0.2) is 25.5 Å². The highest BCUT2D eigenvalue weighted by Gasteiger charge is 1.77. The Morgan fingerprint density at radius 2 is 1.90 bits per heavy atom. The van der Waals surface area contributed by atoms with Crippen molar-refractivity contribution in [1.29, 1.82) is 0 Å². The third-order valence-corrected chi connectivity index (χ3v) is 0.681. The molecular weight excluding hydrogens is 122 g/mol. The molecule has 0 bridgehead atoms. The van der Waals surface area contributed by atoms with Crippen molar-refractivity contribution in [3.05, 3.63) is 0 Å². The second-order valence-corrected chi connectivity index (χ2v) is 1.93. The zero-order valence-corrected chi connectivity index (χ0v) is 6.23. The number of hydrogen-bond donors (Lipinski definition) is 0. The van der Waals surface area contributed by atoms with Crippen LogP contribution in [0.4, 0.5) is 0 Å². The largest absolute Gasteiger partial charge is 0.298 e. The molecule has 0 radical (unpaired) electrons. The average Bonchev–Trinajstić information content (AvgIpc) is 1.87. The fourth-order valence-corrected chi connectivity index (χ4v) is 0.309. The minimum absolute atomic E-state index is 0.721. The van der Waals surface area contributed by atoms with Gasteiger partial charge in [-0.05, 0) is 37.8 Å². The van der Waals surface area contributed by atoms with Gasteiger partial charge in [-0.2, -0.15) is 0 Å². The zero-order valence-electron chi connectivity index (χ0n) is 6.23. The summed E-state index contributed by atoms with van der Waals surface area (Å²) in [7, 11) is 3.90. The summed E-state index contributed by atoms with van der Waals surface area (Å²) < 4.78 is 0. The quantitative estimate of drug-likeness (QED) is 0.459. The second kappa shape index (κ2) is 5.77. The first-order valence-electron chi connectivity index (χ1n) is 2.85. The van der Waals surface area contributed by atoms with Crippen LogP contribution in [-0.2, 0) is 0 Å². The Hall–Kier alpha value is -1.36. The molecule has 0 fully saturated rings. The maximum Gasteiger partial charge on any atom is 0.0606 e. The molecule has 0 spiro atoms. The van der Waals surface area contributed by atoms with Crippen molar-refractivity contribution >= 4 is 0 Å². The lowest BCUT2D eigenvalue weighted by Crippen LogP contribution is -2.10. The molecule has 0 aromatic heterocycles. The van der Waals surface area contributed by atoms with Gasteiger partial charge in [-0.25, -0.2) is 0 Å². The van der Waals surface area contributed by atoms with Crippen LogP contribution in [0.2, 0.25) is 0 Å². The predicted octanol–water partition coefficient (Wildman–Crippen LogP) is 0.188. The van der Waals surface area contributed by atoms with Gasteiger partial charge in [-0.3, -0.25) is 4.90 Å². The smallest absolute Gasteiger partial charge is 0.0606 e. The molecule has 1 nitrogen and oxygen atoms in total. The lowest BCUT2D eigenvalue weighted by molar-refractivity contribution is 0.464. The van der Waals surface area contributed by atoms with Gasteiger partial charge in [0.15, 0.2) is 0 Å². The van der Waals surface area contributed by atoms with E-state index in [0.717, 1.165) is 6.54 Å². The van der Waals surface area contributed by atoms with E-state index in [1.165, 1.54) is 0 Å². The highest BCUT2D eigenvalue weighted by Crippen LogP contribution is 1.67. The zero-order chi connectivity index (χ0) is 7.82. The van der Waals surface area contributed by atoms with Gasteiger partial charge in [-0.15, -0.1) is 6.42 Å². The lowest BCUT2D eigenvalue weighted by Gasteiger charge is -1.99. The van der Waals surface area contributed by atoms with Crippen LogP contribution >= 0.6 is 0 Å². The van der Waals surface area contributed by atoms with Gasteiger partial charge >= 0.3 is 0 Å². The first kappa shape index (κ1) is 8.64. The highest BCUT2D eigenvalue weighted by molar-refractivity contribution is 5.33. The van der Waals surface area contributed by atoms with Gasteiger partial charge in [0.05, 0.1) is 6.54 Å². The van der Waals surface area contributed by atoms with E-state index in [1.54, 1.807) is 0 Å². The van der Waals surface area contributed by atoms with Crippen LogP contribution in [0.1, 0.15) is 0 Å². The predicted molar refractivity (Wildman–Crippen MR) is 42.9 cm³/mol. The van der Waals surface area contributed by atoms with E-state index in [2.05, 4.69) is 29.6 Å². The molecule has 1 heteroatoms. The van der Waals surface area contributed by atoms with E-state index in [0.29, 0.717) is 0 Å². The molecule has 0 amide bonds. The van der Waals surface area contributed by atoms with E-state index < -0.39 is 0 Å². The molecule has 50 valence electrons. The molecular formula is C9H9N. The number of rotatable bonds is 1. The topological polar surface area (TPSA) is 3.24 Å². The van der Waals surface area contributed by atoms with Crippen LogP contribution in [0.5, 0.6) is 0 Å². The van der Waals surface area contributed by atoms with Crippen LogP contribution < -0.4 is 0 Å². The van der Waals surface area contributed by atoms with Gasteiger partial charge in [0.2, 0.25) is 0 Å². The molecule has 0 aliphatic carbocycles. The van der Waals surface area contributed by atoms with Crippen molar-refractivity contribution in [3.63, 3.8) is 0 Å². The molecule has 0 N–H and O–H groups in total. The molecule has 0 aliphatic rings. The molecule has 0 rings (SSSR count). The van der Waals surface area contributed by atoms with Gasteiger partial charge < -0.3 is 0 Å². The molecule has 0 aliphatic heterocycles. The summed E-state index contributed by atoms with van der Waals surface area (Å²) in [4.78, 5) is 1.96. The molecule has 0 saturated carbocycles. The van der Waals surface area contributed by atoms with Crippen LogP contribution in [0.25, 0.3) is 0 Å². The molecule has 0 unspecified atom stereocenters. The van der Waals surface area contributed by atoms with Crippen molar-refractivity contribution in [2.24, 2.45) is 0 Å². The summed E-state index contributed by atoms with van der Waals surface area (Å²) in [6.07, 6.45) is 4.87. The van der Waals surface area contributed by atoms with Gasteiger partial charge in [0.1, 0.15) is 0 Å². The van der Waals surface area contributed by atoms with Crippen LogP contribution in [0.15, 0.2) is 0 Å². The highest BCUT2D eigenvalue weighted by atomic mass is 15.0. The van der Waals surface area contributed by atoms with Crippen LogP contribution in [0.3, 0.4) is 0 Å². The van der Waals surface area contributed by atoms with E-state index in [4.69, 9.17) is 6.42 Å². The Balaban J connectivity index is 3.63. The number of terminal acetylenes is 1. The van der Waals surface area contributed by atoms with Crippen molar-refractivity contribution in [2.75, 3.05) is 20.6 Å². The van der Waals surface area contributed by atoms with E-state index in [9.17, 15) is 0 Å². The van der Waals surface area contributed by atoms with Gasteiger partial charge in [-0.1, -0.05) is 5.92 Å². The first-order valence-corrected chi connectivity index (χ1v) is 2.85. The Bertz CT molecular complexity index is 234. The van der Waals surface area contributed by atoms with Crippen molar-refractivity contribution < 1.29 is 0 Å². The van der Waals surface area contributed by atoms with E-state index in [1.807, 2.05) is 19.0 Å². The molecule has 0 atom stereocenters. The van der Waals surface area contributed by atoms with Gasteiger partial charge in [0, 0.05) is 0 Å². The molecule has 0 aromatic rings. The summed E-state index contributed by atoms with van der Waals surface area (Å²) in [5.74, 6) is 12.6. The summed E-state index contributed by atoms with van der Waals surface area (Å²) in [6, 6.07) is 0. The molecule has 0 aromatic carbocycles. The van der Waals surface area contributed by atoms with E-state index in [-0.39, 0.29) is 0 Å². The Morgan fingerprint density at radius 3 is 2.40 bits per heavy atom. The Kier molecular flexibility index (Phi) is 4.99. The molecule has 10 heavy (non-hydrogen) atoms. The third kappa shape index (κ3) is 6.64. The summed E-state index contributed by atoms with van der Waals surface area (Å²) in [5.41, 5.74) is 0.